The molecule has 0 bridgehead atoms. The number of unbranched alkanes of at least 4 members (excludes halogenated alkanes) is 10. The predicted octanol–water partition coefficient (Wildman–Crippen LogP) is 4.78. The van der Waals surface area contributed by atoms with Crippen LogP contribution < -0.4 is 5.73 Å². The molecule has 2 atom stereocenters. The first-order valence-electron chi connectivity index (χ1n) is 10.1. The largest absolute Gasteiger partial charge is 0.477 e. The molecule has 144 valence electrons. The first kappa shape index (κ1) is 21.8. The van der Waals surface area contributed by atoms with Crippen LogP contribution in [0, 0.1) is 0 Å². The SMILES string of the molecule is CCCCCCCCCCCCCC1=NC=C[N+]1(CC(=O)O)C(C)N. The number of rotatable bonds is 15. The monoisotopic (exact) mass is 352 g/mol. The maximum Gasteiger partial charge on any atom is 0.360 e. The predicted molar refractivity (Wildman–Crippen MR) is 104 cm³/mol. The zero-order valence-corrected chi connectivity index (χ0v) is 16.3. The molecule has 1 heterocycles. The third kappa shape index (κ3) is 7.70. The number of aliphatic carboxylic acids is 1. The van der Waals surface area contributed by atoms with Crippen molar-refractivity contribution in [3.63, 3.8) is 0 Å². The van der Waals surface area contributed by atoms with Gasteiger partial charge in [-0.2, -0.15) is 0 Å². The summed E-state index contributed by atoms with van der Waals surface area (Å²) in [4.78, 5) is 15.6. The molecule has 5 heteroatoms. The van der Waals surface area contributed by atoms with Crippen molar-refractivity contribution < 1.29 is 14.4 Å². The van der Waals surface area contributed by atoms with E-state index in [1.165, 1.54) is 64.2 Å². The molecule has 3 N–H and O–H groups in total. The Morgan fingerprint density at radius 2 is 1.60 bits per heavy atom. The highest BCUT2D eigenvalue weighted by atomic mass is 16.4. The minimum atomic E-state index is -0.838. The van der Waals surface area contributed by atoms with Gasteiger partial charge in [0.15, 0.2) is 6.54 Å². The molecule has 0 saturated carbocycles. The van der Waals surface area contributed by atoms with Gasteiger partial charge in [0.1, 0.15) is 12.4 Å². The van der Waals surface area contributed by atoms with Gasteiger partial charge in [-0.1, -0.05) is 71.1 Å². The van der Waals surface area contributed by atoms with Crippen molar-refractivity contribution in [1.82, 2.24) is 0 Å². The average Bonchev–Trinajstić information content (AvgIpc) is 2.96. The fraction of sp³-hybridized carbons (Fsp3) is 0.800. The smallest absolute Gasteiger partial charge is 0.360 e. The van der Waals surface area contributed by atoms with Gasteiger partial charge in [-0.05, 0) is 6.42 Å². The molecule has 1 aliphatic rings. The maximum atomic E-state index is 11.2. The van der Waals surface area contributed by atoms with Gasteiger partial charge in [0.05, 0.1) is 6.20 Å². The second kappa shape index (κ2) is 12.2. The van der Waals surface area contributed by atoms with Gasteiger partial charge < -0.3 is 5.11 Å². The van der Waals surface area contributed by atoms with E-state index in [0.717, 1.165) is 18.7 Å². The first-order valence-corrected chi connectivity index (χ1v) is 10.1. The molecule has 0 aromatic rings. The molecule has 1 rings (SSSR count). The van der Waals surface area contributed by atoms with Crippen molar-refractivity contribution in [3.8, 4) is 0 Å². The van der Waals surface area contributed by atoms with Gasteiger partial charge >= 0.3 is 5.97 Å². The van der Waals surface area contributed by atoms with E-state index in [9.17, 15) is 9.90 Å². The first-order chi connectivity index (χ1) is 12.0. The van der Waals surface area contributed by atoms with Crippen LogP contribution in [-0.2, 0) is 4.79 Å². The summed E-state index contributed by atoms with van der Waals surface area (Å²) in [5, 5.41) is 9.21. The van der Waals surface area contributed by atoms with E-state index in [4.69, 9.17) is 5.73 Å². The van der Waals surface area contributed by atoms with Crippen molar-refractivity contribution in [2.75, 3.05) is 6.54 Å². The minimum Gasteiger partial charge on any atom is -0.477 e. The standard InChI is InChI=1S/C20H37N3O2/c1-3-4-5-6-7-8-9-10-11-12-13-14-19-22-15-16-23(19,18(2)21)17-20(24)25/h15-16,18H,3-14,17,21H2,1-2H3/p+1. The summed E-state index contributed by atoms with van der Waals surface area (Å²) in [5.41, 5.74) is 6.08. The molecule has 0 aromatic heterocycles. The Morgan fingerprint density at radius 3 is 2.08 bits per heavy atom. The zero-order valence-electron chi connectivity index (χ0n) is 16.3. The molecule has 2 unspecified atom stereocenters. The van der Waals surface area contributed by atoms with Gasteiger partial charge in [0.2, 0.25) is 5.84 Å². The van der Waals surface area contributed by atoms with E-state index in [1.54, 1.807) is 6.20 Å². The molecule has 0 fully saturated rings. The van der Waals surface area contributed by atoms with Crippen LogP contribution in [-0.4, -0.2) is 34.1 Å². The van der Waals surface area contributed by atoms with Gasteiger partial charge in [-0.15, -0.1) is 0 Å². The molecule has 5 nitrogen and oxygen atoms in total. The summed E-state index contributed by atoms with van der Waals surface area (Å²) in [6.45, 7) is 4.09. The minimum absolute atomic E-state index is 0.0228. The zero-order chi connectivity index (χ0) is 18.5. The maximum absolute atomic E-state index is 11.2. The summed E-state index contributed by atoms with van der Waals surface area (Å²) >= 11 is 0. The van der Waals surface area contributed by atoms with E-state index in [1.807, 2.05) is 13.1 Å². The van der Waals surface area contributed by atoms with Crippen molar-refractivity contribution in [2.45, 2.75) is 97.1 Å². The molecule has 25 heavy (non-hydrogen) atoms. The third-order valence-corrected chi connectivity index (χ3v) is 5.16. The van der Waals surface area contributed by atoms with Crippen LogP contribution in [0.15, 0.2) is 17.4 Å². The summed E-state index contributed by atoms with van der Waals surface area (Å²) in [6.07, 6.45) is 18.4. The van der Waals surface area contributed by atoms with Crippen molar-refractivity contribution in [2.24, 2.45) is 10.7 Å². The summed E-state index contributed by atoms with van der Waals surface area (Å²) in [5.74, 6) is 0.0591. The number of aliphatic imine (C=N–C) groups is 1. The highest BCUT2D eigenvalue weighted by Crippen LogP contribution is 2.23. The van der Waals surface area contributed by atoms with Crippen LogP contribution in [0.4, 0.5) is 0 Å². The molecular formula is C20H38N3O2+. The summed E-state index contributed by atoms with van der Waals surface area (Å²) < 4.78 is 0.174. The second-order valence-electron chi connectivity index (χ2n) is 7.35. The van der Waals surface area contributed by atoms with E-state index >= 15 is 0 Å². The second-order valence-corrected chi connectivity index (χ2v) is 7.35. The fourth-order valence-electron chi connectivity index (χ4n) is 3.53. The number of hydrogen-bond donors (Lipinski definition) is 2. The summed E-state index contributed by atoms with van der Waals surface area (Å²) in [7, 11) is 0. The Balaban J connectivity index is 2.16. The molecule has 0 amide bonds. The van der Waals surface area contributed by atoms with Crippen LogP contribution in [0.1, 0.15) is 90.9 Å². The van der Waals surface area contributed by atoms with E-state index in [2.05, 4.69) is 11.9 Å². The lowest BCUT2D eigenvalue weighted by Gasteiger charge is -2.34. The number of nitrogens with zero attached hydrogens (tertiary/aromatic N) is 2. The number of quaternary nitrogens is 1. The molecule has 0 aromatic carbocycles. The van der Waals surface area contributed by atoms with Crippen LogP contribution in [0.5, 0.6) is 0 Å². The van der Waals surface area contributed by atoms with Crippen LogP contribution >= 0.6 is 0 Å². The quantitative estimate of drug-likeness (QED) is 0.329. The van der Waals surface area contributed by atoms with E-state index < -0.39 is 5.97 Å². The fourth-order valence-corrected chi connectivity index (χ4v) is 3.53. The molecule has 1 aliphatic heterocycles. The Hall–Kier alpha value is -1.20. The number of amidine groups is 1. The molecule has 0 aliphatic carbocycles. The van der Waals surface area contributed by atoms with Crippen LogP contribution in [0.3, 0.4) is 0 Å². The number of carboxylic acid groups (broad SMARTS) is 1. The van der Waals surface area contributed by atoms with E-state index in [-0.39, 0.29) is 17.2 Å². The average molecular weight is 353 g/mol. The number of nitrogens with two attached hydrogens (primary N) is 1. The topological polar surface area (TPSA) is 75.7 Å². The Morgan fingerprint density at radius 1 is 1.08 bits per heavy atom. The lowest BCUT2D eigenvalue weighted by molar-refractivity contribution is -0.805. The van der Waals surface area contributed by atoms with E-state index in [0.29, 0.717) is 0 Å². The Labute approximate surface area is 153 Å². The van der Waals surface area contributed by atoms with Gasteiger partial charge in [0, 0.05) is 13.3 Å². The van der Waals surface area contributed by atoms with Gasteiger partial charge in [0.25, 0.3) is 0 Å². The molecule has 0 saturated heterocycles. The number of carboxylic acids is 1. The summed E-state index contributed by atoms with van der Waals surface area (Å²) in [6, 6.07) is 0. The van der Waals surface area contributed by atoms with Gasteiger partial charge in [-0.25, -0.2) is 14.3 Å². The molecular weight excluding hydrogens is 314 g/mol. The number of hydrogen-bond acceptors (Lipinski definition) is 3. The normalized spacial score (nSPS) is 20.7. The molecule has 0 spiro atoms. The van der Waals surface area contributed by atoms with Crippen molar-refractivity contribution >= 4 is 11.8 Å². The van der Waals surface area contributed by atoms with Crippen molar-refractivity contribution in [1.29, 1.82) is 0 Å². The lowest BCUT2D eigenvalue weighted by Crippen LogP contribution is -2.59. The van der Waals surface area contributed by atoms with Crippen LogP contribution in [0.2, 0.25) is 0 Å². The van der Waals surface area contributed by atoms with Crippen molar-refractivity contribution in [3.05, 3.63) is 12.4 Å². The number of carbonyl (C=O) groups is 1. The lowest BCUT2D eigenvalue weighted by atomic mass is 10.0. The third-order valence-electron chi connectivity index (χ3n) is 5.16. The van der Waals surface area contributed by atoms with Crippen LogP contribution in [0.25, 0.3) is 0 Å². The Bertz CT molecular complexity index is 446. The highest BCUT2D eigenvalue weighted by Gasteiger charge is 2.40. The Kier molecular flexibility index (Phi) is 10.7. The van der Waals surface area contributed by atoms with Gasteiger partial charge in [-0.3, -0.25) is 5.73 Å². The highest BCUT2D eigenvalue weighted by molar-refractivity contribution is 5.81. The molecule has 0 radical (unpaired) electrons.